The van der Waals surface area contributed by atoms with Gasteiger partial charge in [0.25, 0.3) is 0 Å². The molecule has 4 nitrogen and oxygen atoms in total. The highest BCUT2D eigenvalue weighted by molar-refractivity contribution is 5.90. The van der Waals surface area contributed by atoms with Crippen molar-refractivity contribution in [2.45, 2.75) is 46.0 Å². The third-order valence-electron chi connectivity index (χ3n) is 5.82. The molecule has 0 radical (unpaired) electrons. The number of carbonyl (C=O) groups is 1. The summed E-state index contributed by atoms with van der Waals surface area (Å²) in [5, 5.41) is 4.53. The third kappa shape index (κ3) is 4.12. The summed E-state index contributed by atoms with van der Waals surface area (Å²) in [6, 6.07) is 16.7. The number of hydrogen-bond donors (Lipinski definition) is 0. The van der Waals surface area contributed by atoms with Gasteiger partial charge in [-0.15, -0.1) is 0 Å². The van der Waals surface area contributed by atoms with E-state index >= 15 is 0 Å². The van der Waals surface area contributed by atoms with Gasteiger partial charge in [-0.1, -0.05) is 55.8 Å². The average molecular weight is 389 g/mol. The van der Waals surface area contributed by atoms with Gasteiger partial charge in [0.2, 0.25) is 0 Å². The summed E-state index contributed by atoms with van der Waals surface area (Å²) >= 11 is 0. The second kappa shape index (κ2) is 8.64. The van der Waals surface area contributed by atoms with E-state index in [1.165, 1.54) is 11.1 Å². The Bertz CT molecular complexity index is 1010. The maximum atomic E-state index is 12.9. The van der Waals surface area contributed by atoms with Gasteiger partial charge < -0.3 is 4.74 Å². The smallest absolute Gasteiger partial charge is 0.341 e. The van der Waals surface area contributed by atoms with Crippen LogP contribution in [0.15, 0.2) is 54.7 Å². The van der Waals surface area contributed by atoms with E-state index in [0.29, 0.717) is 18.1 Å². The van der Waals surface area contributed by atoms with Gasteiger partial charge in [-0.25, -0.2) is 9.48 Å². The van der Waals surface area contributed by atoms with Crippen molar-refractivity contribution < 1.29 is 9.53 Å². The number of ether oxygens (including phenoxy) is 1. The van der Waals surface area contributed by atoms with E-state index in [1.807, 2.05) is 22.9 Å². The van der Waals surface area contributed by atoms with Crippen LogP contribution in [0.1, 0.15) is 52.5 Å². The Morgan fingerprint density at radius 1 is 1.14 bits per heavy atom. The molecule has 29 heavy (non-hydrogen) atoms. The number of hydrogen-bond acceptors (Lipinski definition) is 3. The molecule has 0 N–H and O–H groups in total. The first-order chi connectivity index (χ1) is 14.2. The fourth-order valence-corrected chi connectivity index (χ4v) is 4.22. The largest absolute Gasteiger partial charge is 0.462 e. The van der Waals surface area contributed by atoms with Crippen LogP contribution in [0.2, 0.25) is 0 Å². The van der Waals surface area contributed by atoms with E-state index in [2.05, 4.69) is 49.3 Å². The summed E-state index contributed by atoms with van der Waals surface area (Å²) in [4.78, 5) is 12.9. The van der Waals surface area contributed by atoms with Crippen LogP contribution in [0.25, 0.3) is 5.69 Å². The average Bonchev–Trinajstić information content (AvgIpc) is 3.16. The molecule has 4 heteroatoms. The van der Waals surface area contributed by atoms with Crippen LogP contribution >= 0.6 is 0 Å². The first-order valence-corrected chi connectivity index (χ1v) is 10.5. The number of carbonyl (C=O) groups excluding carboxylic acids is 1. The lowest BCUT2D eigenvalue weighted by molar-refractivity contribution is 0.0427. The van der Waals surface area contributed by atoms with Crippen LogP contribution < -0.4 is 0 Å². The monoisotopic (exact) mass is 388 g/mol. The van der Waals surface area contributed by atoms with E-state index in [9.17, 15) is 4.79 Å². The second-order valence-corrected chi connectivity index (χ2v) is 7.93. The Labute approximate surface area is 172 Å². The molecule has 1 aromatic heterocycles. The zero-order valence-electron chi connectivity index (χ0n) is 17.2. The van der Waals surface area contributed by atoms with Crippen LogP contribution in [-0.4, -0.2) is 22.4 Å². The van der Waals surface area contributed by atoms with Crippen molar-refractivity contribution >= 4 is 5.97 Å². The van der Waals surface area contributed by atoms with Crippen LogP contribution in [0.4, 0.5) is 0 Å². The zero-order valence-corrected chi connectivity index (χ0v) is 17.2. The van der Waals surface area contributed by atoms with Crippen LogP contribution in [0.3, 0.4) is 0 Å². The Balaban J connectivity index is 1.48. The molecule has 4 rings (SSSR count). The molecule has 1 atom stereocenters. The topological polar surface area (TPSA) is 44.1 Å². The molecule has 1 aliphatic carbocycles. The molecule has 3 aromatic rings. The number of para-hydroxylation sites is 1. The van der Waals surface area contributed by atoms with Crippen LogP contribution in [0.5, 0.6) is 0 Å². The van der Waals surface area contributed by atoms with E-state index in [-0.39, 0.29) is 5.97 Å². The Morgan fingerprint density at radius 2 is 1.90 bits per heavy atom. The Morgan fingerprint density at radius 3 is 2.69 bits per heavy atom. The number of esters is 1. The molecule has 1 heterocycles. The summed E-state index contributed by atoms with van der Waals surface area (Å²) in [6.45, 7) is 4.64. The fourth-order valence-electron chi connectivity index (χ4n) is 4.22. The van der Waals surface area contributed by atoms with E-state index < -0.39 is 0 Å². The lowest BCUT2D eigenvalue weighted by atomic mass is 9.84. The molecule has 150 valence electrons. The standard InChI is InChI=1S/C25H28N2O2/c1-3-8-24-22(16-26-27(24)23-12-7-4-9-18(23)2)25(28)29-17-19-13-14-20-10-5-6-11-21(20)15-19/h4-7,9-12,16,19H,3,8,13-15,17H2,1-2H3. The van der Waals surface area contributed by atoms with Gasteiger partial charge in [-0.05, 0) is 61.3 Å². The highest BCUT2D eigenvalue weighted by atomic mass is 16.5. The number of aryl methyl sites for hydroxylation is 2. The van der Waals surface area contributed by atoms with Gasteiger partial charge in [-0.2, -0.15) is 5.10 Å². The fraction of sp³-hybridized carbons (Fsp3) is 0.360. The first kappa shape index (κ1) is 19.4. The number of benzene rings is 2. The van der Waals surface area contributed by atoms with Crippen molar-refractivity contribution in [1.82, 2.24) is 9.78 Å². The quantitative estimate of drug-likeness (QED) is 0.552. The number of nitrogens with zero attached hydrogens (tertiary/aromatic N) is 2. The van der Waals surface area contributed by atoms with Crippen molar-refractivity contribution in [3.8, 4) is 5.69 Å². The van der Waals surface area contributed by atoms with E-state index in [4.69, 9.17) is 4.74 Å². The summed E-state index contributed by atoms with van der Waals surface area (Å²) in [5.74, 6) is 0.127. The van der Waals surface area contributed by atoms with Gasteiger partial charge in [0.15, 0.2) is 0 Å². The summed E-state index contributed by atoms with van der Waals surface area (Å²) in [5.41, 5.74) is 6.48. The maximum Gasteiger partial charge on any atom is 0.341 e. The molecular weight excluding hydrogens is 360 g/mol. The van der Waals surface area contributed by atoms with Crippen molar-refractivity contribution in [1.29, 1.82) is 0 Å². The molecule has 0 saturated heterocycles. The molecule has 1 unspecified atom stereocenters. The van der Waals surface area contributed by atoms with Crippen molar-refractivity contribution in [3.05, 3.63) is 82.7 Å². The highest BCUT2D eigenvalue weighted by Crippen LogP contribution is 2.26. The minimum absolute atomic E-state index is 0.257. The SMILES string of the molecule is CCCc1c(C(=O)OCC2CCc3ccccc3C2)cnn1-c1ccccc1C. The minimum Gasteiger partial charge on any atom is -0.462 e. The van der Waals surface area contributed by atoms with Crippen molar-refractivity contribution in [2.75, 3.05) is 6.61 Å². The number of aromatic nitrogens is 2. The number of rotatable bonds is 6. The lowest BCUT2D eigenvalue weighted by Crippen LogP contribution is -2.21. The van der Waals surface area contributed by atoms with Gasteiger partial charge in [0.05, 0.1) is 24.2 Å². The van der Waals surface area contributed by atoms with Crippen molar-refractivity contribution in [3.63, 3.8) is 0 Å². The molecule has 1 aliphatic rings. The molecule has 0 fully saturated rings. The van der Waals surface area contributed by atoms with E-state index in [1.54, 1.807) is 6.20 Å². The molecule has 0 bridgehead atoms. The summed E-state index contributed by atoms with van der Waals surface area (Å²) in [7, 11) is 0. The predicted molar refractivity (Wildman–Crippen MR) is 115 cm³/mol. The molecule has 0 saturated carbocycles. The Kier molecular flexibility index (Phi) is 5.79. The third-order valence-corrected chi connectivity index (χ3v) is 5.82. The van der Waals surface area contributed by atoms with Crippen LogP contribution in [0, 0.1) is 12.8 Å². The van der Waals surface area contributed by atoms with E-state index in [0.717, 1.165) is 49.0 Å². The molecule has 0 amide bonds. The van der Waals surface area contributed by atoms with Gasteiger partial charge in [-0.3, -0.25) is 0 Å². The number of fused-ring (bicyclic) bond motifs is 1. The Hall–Kier alpha value is -2.88. The van der Waals surface area contributed by atoms with Crippen LogP contribution in [-0.2, 0) is 24.0 Å². The summed E-state index contributed by atoms with van der Waals surface area (Å²) < 4.78 is 7.65. The zero-order chi connectivity index (χ0) is 20.2. The molecule has 2 aromatic carbocycles. The minimum atomic E-state index is -0.257. The van der Waals surface area contributed by atoms with Gasteiger partial charge in [0.1, 0.15) is 5.56 Å². The second-order valence-electron chi connectivity index (χ2n) is 7.93. The van der Waals surface area contributed by atoms with Gasteiger partial charge >= 0.3 is 5.97 Å². The lowest BCUT2D eigenvalue weighted by Gasteiger charge is -2.24. The highest BCUT2D eigenvalue weighted by Gasteiger charge is 2.23. The maximum absolute atomic E-state index is 12.9. The normalized spacial score (nSPS) is 15.7. The molecular formula is C25H28N2O2. The molecule has 0 aliphatic heterocycles. The van der Waals surface area contributed by atoms with Gasteiger partial charge in [0, 0.05) is 0 Å². The first-order valence-electron chi connectivity index (χ1n) is 10.5. The predicted octanol–water partition coefficient (Wildman–Crippen LogP) is 5.10. The van der Waals surface area contributed by atoms with Crippen molar-refractivity contribution in [2.24, 2.45) is 5.92 Å². The molecule has 0 spiro atoms. The summed E-state index contributed by atoms with van der Waals surface area (Å²) in [6.07, 6.45) is 6.50.